The van der Waals surface area contributed by atoms with Gasteiger partial charge in [-0.1, -0.05) is 32.1 Å². The van der Waals surface area contributed by atoms with Crippen LogP contribution in [-0.2, 0) is 4.74 Å². The van der Waals surface area contributed by atoms with Crippen molar-refractivity contribution in [3.05, 3.63) is 0 Å². The van der Waals surface area contributed by atoms with Crippen molar-refractivity contribution in [1.82, 2.24) is 5.43 Å². The Morgan fingerprint density at radius 1 is 1.25 bits per heavy atom. The second-order valence-corrected chi connectivity index (χ2v) is 5.33. The molecule has 1 aliphatic rings. The van der Waals surface area contributed by atoms with Gasteiger partial charge in [0, 0.05) is 6.04 Å². The molecule has 1 fully saturated rings. The van der Waals surface area contributed by atoms with E-state index in [0.717, 1.165) is 18.9 Å². The Morgan fingerprint density at radius 2 is 1.94 bits per heavy atom. The van der Waals surface area contributed by atoms with Crippen molar-refractivity contribution < 1.29 is 4.74 Å². The van der Waals surface area contributed by atoms with Crippen molar-refractivity contribution in [2.24, 2.45) is 11.8 Å². The highest BCUT2D eigenvalue weighted by molar-refractivity contribution is 4.70. The van der Waals surface area contributed by atoms with Gasteiger partial charge in [0.25, 0.3) is 0 Å². The molecular formula is C13H28N2O. The topological polar surface area (TPSA) is 47.3 Å². The molecule has 1 atom stereocenters. The Kier molecular flexibility index (Phi) is 7.01. The van der Waals surface area contributed by atoms with Crippen molar-refractivity contribution in [2.45, 2.75) is 70.9 Å². The van der Waals surface area contributed by atoms with Gasteiger partial charge in [-0.15, -0.1) is 0 Å². The molecule has 3 heteroatoms. The number of hydrogen-bond donors (Lipinski definition) is 2. The van der Waals surface area contributed by atoms with Gasteiger partial charge in [0.15, 0.2) is 0 Å². The van der Waals surface area contributed by atoms with Gasteiger partial charge in [0.1, 0.15) is 0 Å². The standard InChI is InChI=1S/C13H28N2O/c1-11(2)16-10-13(15-14)9-8-12-6-4-3-5-7-12/h11-13,15H,3-10,14H2,1-2H3. The average molecular weight is 228 g/mol. The van der Waals surface area contributed by atoms with E-state index in [1.54, 1.807) is 0 Å². The summed E-state index contributed by atoms with van der Waals surface area (Å²) in [5.41, 5.74) is 2.87. The predicted octanol–water partition coefficient (Wildman–Crippen LogP) is 2.60. The lowest BCUT2D eigenvalue weighted by atomic mass is 9.85. The van der Waals surface area contributed by atoms with E-state index in [0.29, 0.717) is 12.1 Å². The van der Waals surface area contributed by atoms with Crippen LogP contribution >= 0.6 is 0 Å². The average Bonchev–Trinajstić information content (AvgIpc) is 2.30. The Morgan fingerprint density at radius 3 is 2.50 bits per heavy atom. The van der Waals surface area contributed by atoms with E-state index in [2.05, 4.69) is 19.3 Å². The Hall–Kier alpha value is -0.120. The highest BCUT2D eigenvalue weighted by atomic mass is 16.5. The summed E-state index contributed by atoms with van der Waals surface area (Å²) in [6.07, 6.45) is 9.87. The van der Waals surface area contributed by atoms with Gasteiger partial charge in [0.2, 0.25) is 0 Å². The summed E-state index contributed by atoms with van der Waals surface area (Å²) >= 11 is 0. The zero-order chi connectivity index (χ0) is 11.8. The number of nitrogens with two attached hydrogens (primary N) is 1. The maximum atomic E-state index is 5.59. The largest absolute Gasteiger partial charge is 0.377 e. The molecule has 1 saturated carbocycles. The maximum absolute atomic E-state index is 5.59. The van der Waals surface area contributed by atoms with Crippen molar-refractivity contribution in [2.75, 3.05) is 6.61 Å². The minimum absolute atomic E-state index is 0.297. The lowest BCUT2D eigenvalue weighted by Gasteiger charge is -2.24. The number of nitrogens with one attached hydrogen (secondary N) is 1. The van der Waals surface area contributed by atoms with Crippen LogP contribution in [0.1, 0.15) is 58.8 Å². The van der Waals surface area contributed by atoms with E-state index in [1.807, 2.05) is 0 Å². The Bertz CT molecular complexity index is 167. The zero-order valence-corrected chi connectivity index (χ0v) is 10.9. The summed E-state index contributed by atoms with van der Waals surface area (Å²) in [6, 6.07) is 0.323. The van der Waals surface area contributed by atoms with Crippen molar-refractivity contribution in [3.63, 3.8) is 0 Å². The molecule has 1 rings (SSSR count). The fourth-order valence-corrected chi connectivity index (χ4v) is 2.44. The number of ether oxygens (including phenoxy) is 1. The molecule has 0 aromatic carbocycles. The lowest BCUT2D eigenvalue weighted by Crippen LogP contribution is -2.39. The van der Waals surface area contributed by atoms with Crippen LogP contribution in [0.5, 0.6) is 0 Å². The van der Waals surface area contributed by atoms with Crippen LogP contribution in [0.25, 0.3) is 0 Å². The fourth-order valence-electron chi connectivity index (χ4n) is 2.44. The number of hydrazine groups is 1. The summed E-state index contributed by atoms with van der Waals surface area (Å²) in [5.74, 6) is 6.48. The molecule has 96 valence electrons. The van der Waals surface area contributed by atoms with Gasteiger partial charge in [-0.05, 0) is 32.6 Å². The number of hydrogen-bond acceptors (Lipinski definition) is 3. The monoisotopic (exact) mass is 228 g/mol. The first-order chi connectivity index (χ1) is 7.72. The SMILES string of the molecule is CC(C)OCC(CCC1CCCCC1)NN. The van der Waals surface area contributed by atoms with Crippen molar-refractivity contribution in [3.8, 4) is 0 Å². The van der Waals surface area contributed by atoms with Crippen LogP contribution < -0.4 is 11.3 Å². The van der Waals surface area contributed by atoms with Crippen LogP contribution in [0, 0.1) is 5.92 Å². The molecule has 1 aliphatic carbocycles. The summed E-state index contributed by atoms with van der Waals surface area (Å²) in [5, 5.41) is 0. The molecular weight excluding hydrogens is 200 g/mol. The molecule has 0 aromatic rings. The van der Waals surface area contributed by atoms with Gasteiger partial charge in [-0.25, -0.2) is 0 Å². The summed E-state index contributed by atoms with van der Waals surface area (Å²) in [7, 11) is 0. The highest BCUT2D eigenvalue weighted by Gasteiger charge is 2.16. The molecule has 3 nitrogen and oxygen atoms in total. The minimum atomic E-state index is 0.297. The molecule has 0 heterocycles. The van der Waals surface area contributed by atoms with Crippen LogP contribution in [0.15, 0.2) is 0 Å². The second-order valence-electron chi connectivity index (χ2n) is 5.33. The fraction of sp³-hybridized carbons (Fsp3) is 1.00. The molecule has 3 N–H and O–H groups in total. The quantitative estimate of drug-likeness (QED) is 0.520. The molecule has 1 unspecified atom stereocenters. The zero-order valence-electron chi connectivity index (χ0n) is 10.9. The molecule has 0 aromatic heterocycles. The van der Waals surface area contributed by atoms with Gasteiger partial charge >= 0.3 is 0 Å². The molecule has 0 amide bonds. The van der Waals surface area contributed by atoms with E-state index >= 15 is 0 Å². The van der Waals surface area contributed by atoms with E-state index in [-0.39, 0.29) is 0 Å². The molecule has 0 radical (unpaired) electrons. The van der Waals surface area contributed by atoms with E-state index in [1.165, 1.54) is 38.5 Å². The van der Waals surface area contributed by atoms with Crippen LogP contribution in [0.4, 0.5) is 0 Å². The summed E-state index contributed by atoms with van der Waals surface area (Å²) < 4.78 is 5.59. The van der Waals surface area contributed by atoms with Crippen molar-refractivity contribution >= 4 is 0 Å². The summed E-state index contributed by atoms with van der Waals surface area (Å²) in [4.78, 5) is 0. The number of rotatable bonds is 7. The molecule has 16 heavy (non-hydrogen) atoms. The van der Waals surface area contributed by atoms with E-state index in [9.17, 15) is 0 Å². The van der Waals surface area contributed by atoms with Crippen LogP contribution in [0.3, 0.4) is 0 Å². The highest BCUT2D eigenvalue weighted by Crippen LogP contribution is 2.27. The van der Waals surface area contributed by atoms with E-state index < -0.39 is 0 Å². The van der Waals surface area contributed by atoms with Gasteiger partial charge < -0.3 is 4.74 Å². The van der Waals surface area contributed by atoms with Gasteiger partial charge in [0.05, 0.1) is 12.7 Å². The molecule has 0 saturated heterocycles. The second kappa shape index (κ2) is 8.04. The molecule has 0 aliphatic heterocycles. The smallest absolute Gasteiger partial charge is 0.0636 e. The minimum Gasteiger partial charge on any atom is -0.377 e. The third kappa shape index (κ3) is 5.83. The molecule has 0 bridgehead atoms. The third-order valence-corrected chi connectivity index (χ3v) is 3.51. The Balaban J connectivity index is 2.11. The normalized spacial score (nSPS) is 20.2. The third-order valence-electron chi connectivity index (χ3n) is 3.51. The van der Waals surface area contributed by atoms with Gasteiger partial charge in [-0.3, -0.25) is 11.3 Å². The molecule has 0 spiro atoms. The predicted molar refractivity (Wildman–Crippen MR) is 68.0 cm³/mol. The lowest BCUT2D eigenvalue weighted by molar-refractivity contribution is 0.0578. The van der Waals surface area contributed by atoms with Crippen LogP contribution in [-0.4, -0.2) is 18.8 Å². The maximum Gasteiger partial charge on any atom is 0.0636 e. The Labute approximate surface area is 100 Å². The van der Waals surface area contributed by atoms with Gasteiger partial charge in [-0.2, -0.15) is 0 Å². The van der Waals surface area contributed by atoms with Crippen LogP contribution in [0.2, 0.25) is 0 Å². The van der Waals surface area contributed by atoms with Crippen molar-refractivity contribution in [1.29, 1.82) is 0 Å². The first-order valence-corrected chi connectivity index (χ1v) is 6.80. The first kappa shape index (κ1) is 13.9. The van der Waals surface area contributed by atoms with E-state index in [4.69, 9.17) is 10.6 Å². The first-order valence-electron chi connectivity index (χ1n) is 6.80. The summed E-state index contributed by atoms with van der Waals surface area (Å²) in [6.45, 7) is 4.87.